The summed E-state index contributed by atoms with van der Waals surface area (Å²) >= 11 is 0. The first-order valence-electron chi connectivity index (χ1n) is 9.16. The highest BCUT2D eigenvalue weighted by Gasteiger charge is 2.73. The van der Waals surface area contributed by atoms with Crippen molar-refractivity contribution in [2.24, 2.45) is 0 Å². The standard InChI is InChI=1S/C23H24N/c1-4-7-16-10-12-19-18(14-16)21-13-11-17-8-5-6-9-20(17)24(21)23(3)15-22(19,23)2/h5-6,8-14H,4,7,15H2,1-3H3/q+1. The van der Waals surface area contributed by atoms with E-state index < -0.39 is 0 Å². The minimum Gasteiger partial charge on any atom is -0.185 e. The monoisotopic (exact) mass is 314 g/mol. The van der Waals surface area contributed by atoms with E-state index in [0.29, 0.717) is 0 Å². The second kappa shape index (κ2) is 4.47. The lowest BCUT2D eigenvalue weighted by Crippen LogP contribution is -2.53. The Hall–Kier alpha value is -2.15. The third kappa shape index (κ3) is 1.58. The molecule has 0 spiro atoms. The van der Waals surface area contributed by atoms with Crippen LogP contribution >= 0.6 is 0 Å². The summed E-state index contributed by atoms with van der Waals surface area (Å²) in [5.41, 5.74) is 7.66. The highest BCUT2D eigenvalue weighted by Crippen LogP contribution is 2.64. The molecule has 0 radical (unpaired) electrons. The maximum absolute atomic E-state index is 2.63. The van der Waals surface area contributed by atoms with Crippen molar-refractivity contribution in [3.63, 3.8) is 0 Å². The summed E-state index contributed by atoms with van der Waals surface area (Å²) in [6, 6.07) is 20.6. The maximum Gasteiger partial charge on any atom is 0.213 e. The summed E-state index contributed by atoms with van der Waals surface area (Å²) in [7, 11) is 0. The highest BCUT2D eigenvalue weighted by molar-refractivity contribution is 5.79. The third-order valence-corrected chi connectivity index (χ3v) is 6.59. The fourth-order valence-electron chi connectivity index (χ4n) is 5.03. The fourth-order valence-corrected chi connectivity index (χ4v) is 5.03. The molecule has 0 N–H and O–H groups in total. The van der Waals surface area contributed by atoms with Gasteiger partial charge in [-0.05, 0) is 42.7 Å². The molecule has 2 aliphatic rings. The summed E-state index contributed by atoms with van der Waals surface area (Å²) in [6.45, 7) is 7.14. The number of nitrogens with zero attached hydrogens (tertiary/aromatic N) is 1. The first kappa shape index (κ1) is 14.2. The number of hydrogen-bond donors (Lipinski definition) is 0. The molecule has 0 bridgehead atoms. The summed E-state index contributed by atoms with van der Waals surface area (Å²) in [6.07, 6.45) is 3.59. The van der Waals surface area contributed by atoms with Crippen molar-refractivity contribution in [3.05, 3.63) is 65.7 Å². The predicted octanol–water partition coefficient (Wildman–Crippen LogP) is 5.14. The molecule has 0 amide bonds. The van der Waals surface area contributed by atoms with Crippen LogP contribution in [0.5, 0.6) is 0 Å². The molecule has 1 aliphatic carbocycles. The van der Waals surface area contributed by atoms with Gasteiger partial charge in [0.05, 0.1) is 11.0 Å². The lowest BCUT2D eigenvalue weighted by molar-refractivity contribution is -0.707. The van der Waals surface area contributed by atoms with Crippen LogP contribution in [0.2, 0.25) is 0 Å². The van der Waals surface area contributed by atoms with Gasteiger partial charge < -0.3 is 0 Å². The number of pyridine rings is 1. The Labute approximate surface area is 144 Å². The molecule has 2 atom stereocenters. The second-order valence-corrected chi connectivity index (χ2v) is 8.03. The molecular formula is C23H24N+. The number of aryl methyl sites for hydroxylation is 1. The van der Waals surface area contributed by atoms with E-state index in [0.717, 1.165) is 6.42 Å². The molecule has 1 fully saturated rings. The Kier molecular flexibility index (Phi) is 2.65. The molecule has 24 heavy (non-hydrogen) atoms. The van der Waals surface area contributed by atoms with E-state index in [1.54, 1.807) is 5.56 Å². The first-order chi connectivity index (χ1) is 11.6. The Balaban J connectivity index is 1.87. The van der Waals surface area contributed by atoms with Gasteiger partial charge in [0, 0.05) is 30.9 Å². The molecule has 1 nitrogen and oxygen atoms in total. The molecule has 2 aromatic carbocycles. The molecule has 1 aliphatic heterocycles. The molecule has 5 rings (SSSR count). The molecule has 0 saturated heterocycles. The molecule has 1 heteroatoms. The van der Waals surface area contributed by atoms with Crippen LogP contribution in [0.4, 0.5) is 0 Å². The average molecular weight is 314 g/mol. The van der Waals surface area contributed by atoms with Gasteiger partial charge in [-0.2, -0.15) is 4.57 Å². The Morgan fingerprint density at radius 1 is 1.00 bits per heavy atom. The summed E-state index contributed by atoms with van der Waals surface area (Å²) in [5.74, 6) is 0. The molecule has 1 aromatic heterocycles. The lowest BCUT2D eigenvalue weighted by atomic mass is 9.82. The van der Waals surface area contributed by atoms with Crippen molar-refractivity contribution in [1.82, 2.24) is 0 Å². The molecule has 2 unspecified atom stereocenters. The van der Waals surface area contributed by atoms with E-state index in [4.69, 9.17) is 0 Å². The van der Waals surface area contributed by atoms with Gasteiger partial charge in [-0.1, -0.05) is 37.6 Å². The number of benzene rings is 2. The number of hydrogen-bond acceptors (Lipinski definition) is 0. The smallest absolute Gasteiger partial charge is 0.185 e. The zero-order valence-corrected chi connectivity index (χ0v) is 14.8. The van der Waals surface area contributed by atoms with Crippen LogP contribution in [0.15, 0.2) is 54.6 Å². The van der Waals surface area contributed by atoms with Gasteiger partial charge in [-0.15, -0.1) is 0 Å². The van der Waals surface area contributed by atoms with Gasteiger partial charge in [-0.25, -0.2) is 0 Å². The summed E-state index contributed by atoms with van der Waals surface area (Å²) < 4.78 is 2.63. The molecule has 3 aromatic rings. The van der Waals surface area contributed by atoms with Crippen molar-refractivity contribution in [1.29, 1.82) is 0 Å². The van der Waals surface area contributed by atoms with Crippen LogP contribution in [0.1, 0.15) is 44.7 Å². The van der Waals surface area contributed by atoms with E-state index in [9.17, 15) is 0 Å². The topological polar surface area (TPSA) is 3.88 Å². The van der Waals surface area contributed by atoms with Crippen LogP contribution in [-0.2, 0) is 17.4 Å². The van der Waals surface area contributed by atoms with Gasteiger partial charge in [0.25, 0.3) is 0 Å². The van der Waals surface area contributed by atoms with E-state index in [-0.39, 0.29) is 11.0 Å². The Morgan fingerprint density at radius 3 is 2.67 bits per heavy atom. The minimum atomic E-state index is 0.197. The third-order valence-electron chi connectivity index (χ3n) is 6.59. The highest BCUT2D eigenvalue weighted by atomic mass is 15.2. The number of aromatic nitrogens is 1. The summed E-state index contributed by atoms with van der Waals surface area (Å²) in [5, 5.41) is 1.34. The predicted molar refractivity (Wildman–Crippen MR) is 99.2 cm³/mol. The average Bonchev–Trinajstić information content (AvgIpc) is 3.18. The number of fused-ring (bicyclic) bond motifs is 8. The Morgan fingerprint density at radius 2 is 1.83 bits per heavy atom. The molecule has 1 saturated carbocycles. The number of rotatable bonds is 2. The van der Waals surface area contributed by atoms with Crippen LogP contribution in [-0.4, -0.2) is 0 Å². The zero-order chi connectivity index (χ0) is 16.5. The maximum atomic E-state index is 2.63. The summed E-state index contributed by atoms with van der Waals surface area (Å²) in [4.78, 5) is 0. The van der Waals surface area contributed by atoms with Crippen molar-refractivity contribution in [2.75, 3.05) is 0 Å². The van der Waals surface area contributed by atoms with Crippen LogP contribution in [0, 0.1) is 0 Å². The Bertz CT molecular complexity index is 986. The van der Waals surface area contributed by atoms with Gasteiger partial charge in [0.1, 0.15) is 0 Å². The number of para-hydroxylation sites is 1. The van der Waals surface area contributed by atoms with Gasteiger partial charge in [0.15, 0.2) is 5.54 Å². The van der Waals surface area contributed by atoms with Gasteiger partial charge in [-0.3, -0.25) is 0 Å². The van der Waals surface area contributed by atoms with E-state index in [2.05, 4.69) is 79.9 Å². The van der Waals surface area contributed by atoms with Gasteiger partial charge >= 0.3 is 0 Å². The molecule has 2 heterocycles. The van der Waals surface area contributed by atoms with Crippen LogP contribution in [0.3, 0.4) is 0 Å². The van der Waals surface area contributed by atoms with Crippen LogP contribution < -0.4 is 4.57 Å². The van der Waals surface area contributed by atoms with E-state index >= 15 is 0 Å². The van der Waals surface area contributed by atoms with Crippen molar-refractivity contribution >= 4 is 10.9 Å². The van der Waals surface area contributed by atoms with Crippen molar-refractivity contribution < 1.29 is 4.57 Å². The minimum absolute atomic E-state index is 0.197. The molecule has 120 valence electrons. The van der Waals surface area contributed by atoms with Gasteiger partial charge in [0.2, 0.25) is 11.2 Å². The SMILES string of the molecule is CCCc1ccc2c(c1)-c1ccc3ccccc3[n+]1C1(C)CC21C. The van der Waals surface area contributed by atoms with Crippen molar-refractivity contribution in [3.8, 4) is 11.3 Å². The largest absolute Gasteiger partial charge is 0.213 e. The fraction of sp³-hybridized carbons (Fsp3) is 0.348. The zero-order valence-electron chi connectivity index (χ0n) is 14.8. The lowest BCUT2D eigenvalue weighted by Gasteiger charge is -2.26. The van der Waals surface area contributed by atoms with Crippen molar-refractivity contribution in [2.45, 2.75) is 51.0 Å². The normalized spacial score (nSPS) is 26.6. The van der Waals surface area contributed by atoms with Crippen LogP contribution in [0.25, 0.3) is 22.2 Å². The van der Waals surface area contributed by atoms with E-state index in [1.165, 1.54) is 40.6 Å². The second-order valence-electron chi connectivity index (χ2n) is 8.03. The molecular weight excluding hydrogens is 290 g/mol. The quantitative estimate of drug-likeness (QED) is 0.577. The first-order valence-corrected chi connectivity index (χ1v) is 9.16. The van der Waals surface area contributed by atoms with E-state index in [1.807, 2.05) is 0 Å².